The highest BCUT2D eigenvalue weighted by atomic mass is 19.2. The van der Waals surface area contributed by atoms with Crippen LogP contribution < -0.4 is 5.32 Å². The number of hydrogen-bond donors (Lipinski definition) is 1. The third-order valence-electron chi connectivity index (χ3n) is 5.74. The lowest BCUT2D eigenvalue weighted by Crippen LogP contribution is -2.47. The van der Waals surface area contributed by atoms with Gasteiger partial charge in [0.1, 0.15) is 11.6 Å². The first-order chi connectivity index (χ1) is 15.9. The van der Waals surface area contributed by atoms with Crippen molar-refractivity contribution >= 4 is 33.7 Å². The highest BCUT2D eigenvalue weighted by molar-refractivity contribution is 5.96. The second-order valence-corrected chi connectivity index (χ2v) is 7.96. The van der Waals surface area contributed by atoms with Gasteiger partial charge in [-0.3, -0.25) is 9.78 Å². The minimum Gasteiger partial charge on any atom is -0.448 e. The van der Waals surface area contributed by atoms with Crippen LogP contribution in [0.4, 0.5) is 23.4 Å². The molecule has 1 amide bonds. The number of carbonyl (C=O) groups is 1. The predicted molar refractivity (Wildman–Crippen MR) is 113 cm³/mol. The van der Waals surface area contributed by atoms with Crippen molar-refractivity contribution < 1.29 is 26.8 Å². The zero-order valence-electron chi connectivity index (χ0n) is 17.2. The Morgan fingerprint density at radius 1 is 1.03 bits per heavy atom. The summed E-state index contributed by atoms with van der Waals surface area (Å²) in [6.07, 6.45) is 3.82. The molecule has 0 aliphatic carbocycles. The van der Waals surface area contributed by atoms with E-state index < -0.39 is 29.2 Å². The molecular formula is C23H18F4N4O2. The quantitative estimate of drug-likeness (QED) is 0.434. The molecule has 1 fully saturated rings. The van der Waals surface area contributed by atoms with Crippen LogP contribution in [0.25, 0.3) is 22.0 Å². The van der Waals surface area contributed by atoms with Crippen molar-refractivity contribution in [2.24, 2.45) is 0 Å². The molecule has 3 heterocycles. The Hall–Kier alpha value is -3.69. The first kappa shape index (κ1) is 21.2. The zero-order chi connectivity index (χ0) is 23.1. The summed E-state index contributed by atoms with van der Waals surface area (Å²) >= 11 is 0. The molecule has 2 aromatic heterocycles. The predicted octanol–water partition coefficient (Wildman–Crippen LogP) is 5.04. The van der Waals surface area contributed by atoms with Crippen molar-refractivity contribution in [1.82, 2.24) is 14.9 Å². The fraction of sp³-hybridized carbons (Fsp3) is 0.261. The summed E-state index contributed by atoms with van der Waals surface area (Å²) < 4.78 is 59.8. The van der Waals surface area contributed by atoms with Crippen molar-refractivity contribution in [2.45, 2.75) is 25.3 Å². The number of carbonyl (C=O) groups excluding carboxylic acids is 1. The summed E-state index contributed by atoms with van der Waals surface area (Å²) in [6, 6.07) is 4.89. The largest absolute Gasteiger partial charge is 0.448 e. The number of halogens is 4. The number of amides is 1. The van der Waals surface area contributed by atoms with Crippen LogP contribution in [0.3, 0.4) is 0 Å². The smallest absolute Gasteiger partial charge is 0.289 e. The molecule has 2 aromatic carbocycles. The van der Waals surface area contributed by atoms with Gasteiger partial charge >= 0.3 is 0 Å². The molecule has 1 aliphatic rings. The molecule has 4 aromatic rings. The molecule has 0 unspecified atom stereocenters. The molecule has 0 bridgehead atoms. The van der Waals surface area contributed by atoms with E-state index in [1.807, 2.05) is 0 Å². The Labute approximate surface area is 185 Å². The fourth-order valence-electron chi connectivity index (χ4n) is 4.12. The van der Waals surface area contributed by atoms with Crippen LogP contribution in [-0.2, 0) is 0 Å². The Bertz CT molecular complexity index is 1370. The summed E-state index contributed by atoms with van der Waals surface area (Å²) in [5.74, 6) is -3.76. The molecule has 33 heavy (non-hydrogen) atoms. The summed E-state index contributed by atoms with van der Waals surface area (Å²) in [4.78, 5) is 23.1. The van der Waals surface area contributed by atoms with Gasteiger partial charge in [0.05, 0.1) is 17.2 Å². The normalized spacial score (nSPS) is 16.5. The Kier molecular flexibility index (Phi) is 5.35. The number of benzene rings is 2. The van der Waals surface area contributed by atoms with Crippen LogP contribution in [0.1, 0.15) is 29.8 Å². The highest BCUT2D eigenvalue weighted by Gasteiger charge is 2.30. The van der Waals surface area contributed by atoms with Gasteiger partial charge in [0.2, 0.25) is 0 Å². The van der Waals surface area contributed by atoms with Crippen LogP contribution in [0.2, 0.25) is 0 Å². The number of furan rings is 1. The molecule has 0 spiro atoms. The van der Waals surface area contributed by atoms with Gasteiger partial charge in [-0.15, -0.1) is 0 Å². The van der Waals surface area contributed by atoms with Gasteiger partial charge in [0, 0.05) is 42.7 Å². The van der Waals surface area contributed by atoms with E-state index in [0.717, 1.165) is 31.0 Å². The minimum absolute atomic E-state index is 0.0654. The fourth-order valence-corrected chi connectivity index (χ4v) is 4.12. The second kappa shape index (κ2) is 8.34. The topological polar surface area (TPSA) is 71.3 Å². The average Bonchev–Trinajstić information content (AvgIpc) is 3.23. The lowest BCUT2D eigenvalue weighted by Gasteiger charge is -2.35. The Morgan fingerprint density at radius 2 is 1.82 bits per heavy atom. The van der Waals surface area contributed by atoms with E-state index in [1.165, 1.54) is 12.3 Å². The summed E-state index contributed by atoms with van der Waals surface area (Å²) in [5.41, 5.74) is 0.260. The van der Waals surface area contributed by atoms with Gasteiger partial charge in [-0.1, -0.05) is 0 Å². The molecular weight excluding hydrogens is 440 g/mol. The third-order valence-corrected chi connectivity index (χ3v) is 5.74. The number of nitrogens with one attached hydrogen (secondary N) is 1. The number of anilines is 1. The molecule has 10 heteroatoms. The average molecular weight is 458 g/mol. The van der Waals surface area contributed by atoms with E-state index in [1.54, 1.807) is 4.90 Å². The number of fused-ring (bicyclic) bond motifs is 2. The lowest BCUT2D eigenvalue weighted by molar-refractivity contribution is 0.0598. The molecule has 5 rings (SSSR count). The third kappa shape index (κ3) is 4.08. The van der Waals surface area contributed by atoms with Crippen LogP contribution in [0.15, 0.2) is 40.9 Å². The van der Waals surface area contributed by atoms with Gasteiger partial charge in [-0.25, -0.2) is 22.5 Å². The maximum Gasteiger partial charge on any atom is 0.289 e. The number of hydrogen-bond acceptors (Lipinski definition) is 5. The molecule has 170 valence electrons. The van der Waals surface area contributed by atoms with Crippen molar-refractivity contribution in [3.05, 3.63) is 65.6 Å². The number of rotatable bonds is 4. The SMILES string of the molecule is O=C(c1cc2cc(F)cc(F)c2o1)N1CCCC[C@H]1CNc1cnc2cc(F)c(F)cc2n1. The van der Waals surface area contributed by atoms with E-state index in [9.17, 15) is 22.4 Å². The second-order valence-electron chi connectivity index (χ2n) is 7.96. The molecule has 1 atom stereocenters. The highest BCUT2D eigenvalue weighted by Crippen LogP contribution is 2.27. The van der Waals surface area contributed by atoms with Crippen molar-refractivity contribution in [3.8, 4) is 0 Å². The first-order valence-corrected chi connectivity index (χ1v) is 10.4. The molecule has 0 radical (unpaired) electrons. The van der Waals surface area contributed by atoms with E-state index in [0.29, 0.717) is 31.4 Å². The summed E-state index contributed by atoms with van der Waals surface area (Å²) in [6.45, 7) is 0.811. The first-order valence-electron chi connectivity index (χ1n) is 10.4. The number of nitrogens with zero attached hydrogens (tertiary/aromatic N) is 3. The van der Waals surface area contributed by atoms with E-state index in [4.69, 9.17) is 4.42 Å². The van der Waals surface area contributed by atoms with Crippen molar-refractivity contribution in [3.63, 3.8) is 0 Å². The van der Waals surface area contributed by atoms with Gasteiger partial charge in [0.25, 0.3) is 5.91 Å². The molecule has 6 nitrogen and oxygen atoms in total. The van der Waals surface area contributed by atoms with Crippen LogP contribution >= 0.6 is 0 Å². The van der Waals surface area contributed by atoms with Crippen LogP contribution in [0, 0.1) is 23.3 Å². The van der Waals surface area contributed by atoms with Gasteiger partial charge in [-0.05, 0) is 31.4 Å². The molecule has 1 aliphatic heterocycles. The maximum atomic E-state index is 14.0. The van der Waals surface area contributed by atoms with E-state index in [2.05, 4.69) is 15.3 Å². The van der Waals surface area contributed by atoms with E-state index >= 15 is 0 Å². The summed E-state index contributed by atoms with van der Waals surface area (Å²) in [5, 5.41) is 3.27. The molecule has 1 N–H and O–H groups in total. The Morgan fingerprint density at radius 3 is 2.64 bits per heavy atom. The Balaban J connectivity index is 1.35. The number of likely N-dealkylation sites (tertiary alicyclic amines) is 1. The van der Waals surface area contributed by atoms with Crippen LogP contribution in [-0.4, -0.2) is 39.9 Å². The zero-order valence-corrected chi connectivity index (χ0v) is 17.2. The number of piperidine rings is 1. The van der Waals surface area contributed by atoms with Crippen molar-refractivity contribution in [1.29, 1.82) is 0 Å². The minimum atomic E-state index is -1.01. The molecule has 0 saturated carbocycles. The number of aromatic nitrogens is 2. The van der Waals surface area contributed by atoms with Gasteiger partial charge < -0.3 is 14.6 Å². The van der Waals surface area contributed by atoms with Gasteiger partial charge in [-0.2, -0.15) is 0 Å². The molecule has 1 saturated heterocycles. The summed E-state index contributed by atoms with van der Waals surface area (Å²) in [7, 11) is 0. The van der Waals surface area contributed by atoms with Crippen molar-refractivity contribution in [2.75, 3.05) is 18.4 Å². The maximum absolute atomic E-state index is 14.0. The monoisotopic (exact) mass is 458 g/mol. The standard InChI is InChI=1S/C23H18F4N4O2/c24-13-5-12-6-20(33-22(12)17(27)7-13)23(32)31-4-2-1-3-14(31)10-29-21-11-28-18-8-15(25)16(26)9-19(18)30-21/h5-9,11,14H,1-4,10H2,(H,29,30)/t14-/m0/s1. The lowest BCUT2D eigenvalue weighted by atomic mass is 10.0. The van der Waals surface area contributed by atoms with Gasteiger partial charge in [0.15, 0.2) is 28.8 Å². The van der Waals surface area contributed by atoms with Crippen LogP contribution in [0.5, 0.6) is 0 Å². The van der Waals surface area contributed by atoms with E-state index in [-0.39, 0.29) is 33.8 Å².